The van der Waals surface area contributed by atoms with Crippen LogP contribution in [0.25, 0.3) is 0 Å². The zero-order chi connectivity index (χ0) is 12.4. The quantitative estimate of drug-likeness (QED) is 0.878. The van der Waals surface area contributed by atoms with Crippen molar-refractivity contribution >= 4 is 0 Å². The summed E-state index contributed by atoms with van der Waals surface area (Å²) < 4.78 is 12.6. The Morgan fingerprint density at radius 2 is 2.29 bits per heavy atom. The Bertz CT molecular complexity index is 480. The first-order chi connectivity index (χ1) is 8.17. The summed E-state index contributed by atoms with van der Waals surface area (Å²) in [5, 5.41) is 4.23. The zero-order valence-corrected chi connectivity index (χ0v) is 10.3. The highest BCUT2D eigenvalue weighted by molar-refractivity contribution is 5.33. The summed E-state index contributed by atoms with van der Waals surface area (Å²) in [6, 6.07) is 3.42. The summed E-state index contributed by atoms with van der Waals surface area (Å²) in [7, 11) is 1.61. The first-order valence-electron chi connectivity index (χ1n) is 5.59. The van der Waals surface area contributed by atoms with Gasteiger partial charge in [-0.1, -0.05) is 0 Å². The van der Waals surface area contributed by atoms with Crippen LogP contribution in [0, 0.1) is 6.92 Å². The van der Waals surface area contributed by atoms with E-state index in [1.165, 1.54) is 0 Å². The van der Waals surface area contributed by atoms with Gasteiger partial charge in [-0.2, -0.15) is 5.10 Å². The molecule has 5 nitrogen and oxygen atoms in total. The normalized spacial score (nSPS) is 12.7. The molecule has 0 fully saturated rings. The van der Waals surface area contributed by atoms with Gasteiger partial charge in [0.2, 0.25) is 0 Å². The summed E-state index contributed by atoms with van der Waals surface area (Å²) >= 11 is 0. The van der Waals surface area contributed by atoms with Gasteiger partial charge in [-0.15, -0.1) is 0 Å². The molecule has 92 valence electrons. The molecule has 0 aliphatic rings. The molecule has 2 aromatic rings. The Morgan fingerprint density at radius 3 is 2.82 bits per heavy atom. The molecular weight excluding hydrogens is 218 g/mol. The van der Waals surface area contributed by atoms with Gasteiger partial charge in [0.25, 0.3) is 0 Å². The SMILES string of the molecule is CCn1ncc(OC)c1C(N)c1ccc(C)o1. The molecule has 2 heterocycles. The number of methoxy groups -OCH3 is 1. The van der Waals surface area contributed by atoms with Crippen molar-refractivity contribution in [1.29, 1.82) is 0 Å². The third-order valence-corrected chi connectivity index (χ3v) is 2.73. The molecule has 0 radical (unpaired) electrons. The van der Waals surface area contributed by atoms with Crippen molar-refractivity contribution in [1.82, 2.24) is 9.78 Å². The highest BCUT2D eigenvalue weighted by Crippen LogP contribution is 2.28. The van der Waals surface area contributed by atoms with E-state index in [1.807, 2.05) is 30.7 Å². The topological polar surface area (TPSA) is 66.2 Å². The average molecular weight is 235 g/mol. The van der Waals surface area contributed by atoms with Crippen molar-refractivity contribution in [3.05, 3.63) is 35.5 Å². The van der Waals surface area contributed by atoms with Crippen molar-refractivity contribution < 1.29 is 9.15 Å². The van der Waals surface area contributed by atoms with Crippen LogP contribution in [-0.2, 0) is 6.54 Å². The van der Waals surface area contributed by atoms with Crippen molar-refractivity contribution in [2.45, 2.75) is 26.4 Å². The fourth-order valence-corrected chi connectivity index (χ4v) is 1.86. The van der Waals surface area contributed by atoms with Gasteiger partial charge in [-0.25, -0.2) is 0 Å². The zero-order valence-electron chi connectivity index (χ0n) is 10.3. The number of rotatable bonds is 4. The molecular formula is C12H17N3O2. The van der Waals surface area contributed by atoms with E-state index in [4.69, 9.17) is 14.9 Å². The standard InChI is InChI=1S/C12H17N3O2/c1-4-15-12(10(16-3)7-14-15)11(13)9-6-5-8(2)17-9/h5-7,11H,4,13H2,1-3H3. The number of furan rings is 1. The van der Waals surface area contributed by atoms with Crippen molar-refractivity contribution in [2.24, 2.45) is 5.73 Å². The Kier molecular flexibility index (Phi) is 3.19. The lowest BCUT2D eigenvalue weighted by atomic mass is 10.1. The molecule has 1 atom stereocenters. The molecule has 2 aromatic heterocycles. The summed E-state index contributed by atoms with van der Waals surface area (Å²) in [5.41, 5.74) is 7.03. The molecule has 0 amide bonds. The van der Waals surface area contributed by atoms with Gasteiger partial charge in [0.15, 0.2) is 5.75 Å². The lowest BCUT2D eigenvalue weighted by molar-refractivity contribution is 0.395. The molecule has 2 rings (SSSR count). The van der Waals surface area contributed by atoms with Crippen LogP contribution >= 0.6 is 0 Å². The number of nitrogens with two attached hydrogens (primary N) is 1. The highest BCUT2D eigenvalue weighted by atomic mass is 16.5. The monoisotopic (exact) mass is 235 g/mol. The van der Waals surface area contributed by atoms with Crippen LogP contribution in [0.1, 0.15) is 30.2 Å². The minimum absolute atomic E-state index is 0.360. The number of hydrogen-bond acceptors (Lipinski definition) is 4. The highest BCUT2D eigenvalue weighted by Gasteiger charge is 2.22. The molecule has 0 aromatic carbocycles. The summed E-state index contributed by atoms with van der Waals surface area (Å²) in [6.45, 7) is 4.65. The first kappa shape index (κ1) is 11.7. The van der Waals surface area contributed by atoms with E-state index in [1.54, 1.807) is 13.3 Å². The van der Waals surface area contributed by atoms with Crippen LogP contribution in [0.15, 0.2) is 22.7 Å². The number of aromatic nitrogens is 2. The maximum absolute atomic E-state index is 6.19. The van der Waals surface area contributed by atoms with Crippen LogP contribution in [0.4, 0.5) is 0 Å². The van der Waals surface area contributed by atoms with E-state index in [9.17, 15) is 0 Å². The molecule has 0 saturated heterocycles. The van der Waals surface area contributed by atoms with Gasteiger partial charge in [-0.05, 0) is 26.0 Å². The van der Waals surface area contributed by atoms with E-state index in [2.05, 4.69) is 5.10 Å². The molecule has 0 spiro atoms. The second kappa shape index (κ2) is 4.63. The van der Waals surface area contributed by atoms with Crippen LogP contribution < -0.4 is 10.5 Å². The molecule has 2 N–H and O–H groups in total. The molecule has 17 heavy (non-hydrogen) atoms. The third kappa shape index (κ3) is 2.06. The predicted molar refractivity (Wildman–Crippen MR) is 63.9 cm³/mol. The van der Waals surface area contributed by atoms with Crippen molar-refractivity contribution in [3.8, 4) is 5.75 Å². The van der Waals surface area contributed by atoms with E-state index in [-0.39, 0.29) is 6.04 Å². The molecule has 0 aliphatic heterocycles. The van der Waals surface area contributed by atoms with E-state index in [0.29, 0.717) is 5.75 Å². The maximum atomic E-state index is 6.19. The minimum Gasteiger partial charge on any atom is -0.493 e. The second-order valence-corrected chi connectivity index (χ2v) is 3.84. The van der Waals surface area contributed by atoms with Crippen LogP contribution in [0.3, 0.4) is 0 Å². The summed E-state index contributed by atoms with van der Waals surface area (Å²) in [4.78, 5) is 0. The lowest BCUT2D eigenvalue weighted by Gasteiger charge is -2.12. The molecule has 0 bridgehead atoms. The molecule has 0 aliphatic carbocycles. The molecule has 0 saturated carbocycles. The number of hydrogen-bond donors (Lipinski definition) is 1. The van der Waals surface area contributed by atoms with Gasteiger partial charge in [-0.3, -0.25) is 4.68 Å². The van der Waals surface area contributed by atoms with Gasteiger partial charge in [0.05, 0.1) is 13.3 Å². The first-order valence-corrected chi connectivity index (χ1v) is 5.59. The van der Waals surface area contributed by atoms with Gasteiger partial charge in [0, 0.05) is 6.54 Å². The largest absolute Gasteiger partial charge is 0.493 e. The number of nitrogens with zero attached hydrogens (tertiary/aromatic N) is 2. The van der Waals surface area contributed by atoms with Crippen molar-refractivity contribution in [2.75, 3.05) is 7.11 Å². The second-order valence-electron chi connectivity index (χ2n) is 3.84. The minimum atomic E-state index is -0.360. The Morgan fingerprint density at radius 1 is 1.53 bits per heavy atom. The van der Waals surface area contributed by atoms with E-state index >= 15 is 0 Å². The summed E-state index contributed by atoms with van der Waals surface area (Å²) in [6.07, 6.45) is 1.68. The summed E-state index contributed by atoms with van der Waals surface area (Å²) in [5.74, 6) is 2.25. The third-order valence-electron chi connectivity index (χ3n) is 2.73. The van der Waals surface area contributed by atoms with Crippen LogP contribution in [0.5, 0.6) is 5.75 Å². The van der Waals surface area contributed by atoms with Gasteiger partial charge < -0.3 is 14.9 Å². The van der Waals surface area contributed by atoms with E-state index < -0.39 is 0 Å². The van der Waals surface area contributed by atoms with Gasteiger partial charge in [0.1, 0.15) is 23.3 Å². The van der Waals surface area contributed by atoms with Crippen molar-refractivity contribution in [3.63, 3.8) is 0 Å². The number of ether oxygens (including phenoxy) is 1. The Labute approximate surface area is 100 Å². The Balaban J connectivity index is 2.41. The van der Waals surface area contributed by atoms with Gasteiger partial charge >= 0.3 is 0 Å². The lowest BCUT2D eigenvalue weighted by Crippen LogP contribution is -2.17. The van der Waals surface area contributed by atoms with E-state index in [0.717, 1.165) is 23.8 Å². The predicted octanol–water partition coefficient (Wildman–Crippen LogP) is 1.86. The fraction of sp³-hybridized carbons (Fsp3) is 0.417. The smallest absolute Gasteiger partial charge is 0.162 e. The average Bonchev–Trinajstić information content (AvgIpc) is 2.93. The molecule has 1 unspecified atom stereocenters. The van der Waals surface area contributed by atoms with Crippen LogP contribution in [0.2, 0.25) is 0 Å². The van der Waals surface area contributed by atoms with Crippen LogP contribution in [-0.4, -0.2) is 16.9 Å². The molecule has 5 heteroatoms. The maximum Gasteiger partial charge on any atom is 0.162 e. The Hall–Kier alpha value is -1.75. The number of aryl methyl sites for hydroxylation is 2. The fourth-order valence-electron chi connectivity index (χ4n) is 1.86.